The number of likely N-dealkylation sites (tertiary alicyclic amines) is 1. The van der Waals surface area contributed by atoms with Crippen LogP contribution in [0, 0.1) is 0 Å². The summed E-state index contributed by atoms with van der Waals surface area (Å²) in [5, 5.41) is 9.40. The maximum atomic E-state index is 11.2. The molecule has 3 N–H and O–H groups in total. The largest absolute Gasteiger partial charge is 0.380 e. The summed E-state index contributed by atoms with van der Waals surface area (Å²) in [6, 6.07) is 0. The Hall–Kier alpha value is -1.10. The van der Waals surface area contributed by atoms with E-state index in [0.717, 1.165) is 0 Å². The van der Waals surface area contributed by atoms with Crippen LogP contribution in [0.3, 0.4) is 0 Å². The van der Waals surface area contributed by atoms with Gasteiger partial charge in [-0.3, -0.25) is 9.59 Å². The van der Waals surface area contributed by atoms with Crippen LogP contribution in [0.25, 0.3) is 0 Å². The lowest BCUT2D eigenvalue weighted by Gasteiger charge is -2.16. The van der Waals surface area contributed by atoms with Crippen LogP contribution in [0.4, 0.5) is 0 Å². The molecule has 1 heterocycles. The van der Waals surface area contributed by atoms with Crippen molar-refractivity contribution in [1.82, 2.24) is 4.90 Å². The van der Waals surface area contributed by atoms with E-state index in [9.17, 15) is 14.7 Å². The minimum absolute atomic E-state index is 0.102. The number of rotatable bonds is 2. The van der Waals surface area contributed by atoms with Crippen LogP contribution in [0.2, 0.25) is 0 Å². The van der Waals surface area contributed by atoms with Crippen LogP contribution < -0.4 is 5.73 Å². The normalized spacial score (nSPS) is 29.5. The molecule has 68 valence electrons. The molecule has 5 nitrogen and oxygen atoms in total. The maximum Gasteiger partial charge on any atom is 0.254 e. The van der Waals surface area contributed by atoms with Crippen molar-refractivity contribution in [2.75, 3.05) is 13.1 Å². The van der Waals surface area contributed by atoms with Crippen molar-refractivity contribution >= 4 is 11.8 Å². The Kier molecular flexibility index (Phi) is 2.06. The Labute approximate surface area is 70.1 Å². The van der Waals surface area contributed by atoms with Gasteiger partial charge in [0.15, 0.2) is 0 Å². The first-order chi connectivity index (χ1) is 5.43. The molecule has 1 aliphatic heterocycles. The molecule has 1 unspecified atom stereocenters. The van der Waals surface area contributed by atoms with Crippen molar-refractivity contribution < 1.29 is 14.7 Å². The number of carbonyl (C=O) groups is 2. The topological polar surface area (TPSA) is 83.6 Å². The van der Waals surface area contributed by atoms with Crippen molar-refractivity contribution in [3.63, 3.8) is 0 Å². The number of aliphatic hydroxyl groups is 1. The zero-order valence-electron chi connectivity index (χ0n) is 6.91. The van der Waals surface area contributed by atoms with Gasteiger partial charge in [0.25, 0.3) is 5.91 Å². The monoisotopic (exact) mass is 172 g/mol. The van der Waals surface area contributed by atoms with Crippen LogP contribution in [0.1, 0.15) is 13.3 Å². The molecular weight excluding hydrogens is 160 g/mol. The molecule has 0 aromatic carbocycles. The smallest absolute Gasteiger partial charge is 0.254 e. The van der Waals surface area contributed by atoms with Crippen LogP contribution in [0.15, 0.2) is 0 Å². The van der Waals surface area contributed by atoms with Crippen molar-refractivity contribution in [2.24, 2.45) is 5.73 Å². The van der Waals surface area contributed by atoms with Crippen LogP contribution in [-0.4, -0.2) is 40.5 Å². The van der Waals surface area contributed by atoms with Gasteiger partial charge in [0.1, 0.15) is 5.60 Å². The third kappa shape index (κ3) is 1.55. The molecule has 12 heavy (non-hydrogen) atoms. The fraction of sp³-hybridized carbons (Fsp3) is 0.714. The number of nitrogens with zero attached hydrogens (tertiary/aromatic N) is 1. The highest BCUT2D eigenvalue weighted by Gasteiger charge is 2.41. The highest BCUT2D eigenvalue weighted by atomic mass is 16.3. The van der Waals surface area contributed by atoms with E-state index in [1.807, 2.05) is 0 Å². The standard InChI is InChI=1S/C7H12N2O3/c1-7(12)2-3-9(6(7)11)4-5(8)10/h12H,2-4H2,1H3,(H2,8,10). The number of amides is 2. The molecule has 1 atom stereocenters. The molecular formula is C7H12N2O3. The molecule has 1 rings (SSSR count). The average Bonchev–Trinajstić information content (AvgIpc) is 2.15. The van der Waals surface area contributed by atoms with Gasteiger partial charge in [0, 0.05) is 13.0 Å². The van der Waals surface area contributed by atoms with Gasteiger partial charge in [0.05, 0.1) is 6.54 Å². The number of carbonyl (C=O) groups excluding carboxylic acids is 2. The summed E-state index contributed by atoms with van der Waals surface area (Å²) in [4.78, 5) is 23.0. The van der Waals surface area contributed by atoms with Crippen LogP contribution >= 0.6 is 0 Å². The lowest BCUT2D eigenvalue weighted by molar-refractivity contribution is -0.143. The maximum absolute atomic E-state index is 11.2. The van der Waals surface area contributed by atoms with E-state index in [-0.39, 0.29) is 6.54 Å². The molecule has 0 saturated carbocycles. The first kappa shape index (κ1) is 8.99. The molecule has 0 radical (unpaired) electrons. The van der Waals surface area contributed by atoms with E-state index in [2.05, 4.69) is 0 Å². The van der Waals surface area contributed by atoms with Gasteiger partial charge in [-0.1, -0.05) is 0 Å². The van der Waals surface area contributed by atoms with Gasteiger partial charge in [-0.2, -0.15) is 0 Å². The third-order valence-electron chi connectivity index (χ3n) is 1.96. The highest BCUT2D eigenvalue weighted by molar-refractivity contribution is 5.90. The summed E-state index contributed by atoms with van der Waals surface area (Å²) in [6.07, 6.45) is 0.360. The zero-order valence-corrected chi connectivity index (χ0v) is 6.91. The molecule has 0 spiro atoms. The zero-order chi connectivity index (χ0) is 9.35. The molecule has 0 aromatic heterocycles. The minimum Gasteiger partial charge on any atom is -0.380 e. The van der Waals surface area contributed by atoms with E-state index in [1.54, 1.807) is 0 Å². The molecule has 0 aromatic rings. The predicted octanol–water partition coefficient (Wildman–Crippen LogP) is -1.54. The summed E-state index contributed by atoms with van der Waals surface area (Å²) >= 11 is 0. The molecule has 1 aliphatic rings. The Morgan fingerprint density at radius 1 is 1.83 bits per heavy atom. The second-order valence-electron chi connectivity index (χ2n) is 3.22. The Morgan fingerprint density at radius 3 is 2.75 bits per heavy atom. The summed E-state index contributed by atoms with van der Waals surface area (Å²) < 4.78 is 0. The number of hydrogen-bond acceptors (Lipinski definition) is 3. The average molecular weight is 172 g/mol. The second-order valence-corrected chi connectivity index (χ2v) is 3.22. The lowest BCUT2D eigenvalue weighted by Crippen LogP contribution is -2.41. The lowest BCUT2D eigenvalue weighted by atomic mass is 10.1. The van der Waals surface area contributed by atoms with Crippen molar-refractivity contribution in [3.8, 4) is 0 Å². The van der Waals surface area contributed by atoms with E-state index in [0.29, 0.717) is 13.0 Å². The predicted molar refractivity (Wildman–Crippen MR) is 41.0 cm³/mol. The van der Waals surface area contributed by atoms with Crippen molar-refractivity contribution in [1.29, 1.82) is 0 Å². The Balaban J connectivity index is 2.62. The first-order valence-electron chi connectivity index (χ1n) is 3.73. The van der Waals surface area contributed by atoms with Gasteiger partial charge in [-0.05, 0) is 6.92 Å². The molecule has 0 bridgehead atoms. The van der Waals surface area contributed by atoms with Gasteiger partial charge in [-0.25, -0.2) is 0 Å². The van der Waals surface area contributed by atoms with Gasteiger partial charge < -0.3 is 15.7 Å². The summed E-state index contributed by atoms with van der Waals surface area (Å²) in [5.74, 6) is -0.970. The number of nitrogens with two attached hydrogens (primary N) is 1. The molecule has 0 aliphatic carbocycles. The quantitative estimate of drug-likeness (QED) is 0.529. The van der Waals surface area contributed by atoms with E-state index in [4.69, 9.17) is 5.73 Å². The summed E-state index contributed by atoms with van der Waals surface area (Å²) in [5.41, 5.74) is 3.60. The Bertz CT molecular complexity index is 225. The number of hydrogen-bond donors (Lipinski definition) is 2. The molecule has 2 amide bonds. The SMILES string of the molecule is CC1(O)CCN(CC(N)=O)C1=O. The third-order valence-corrected chi connectivity index (χ3v) is 1.96. The van der Waals surface area contributed by atoms with Crippen molar-refractivity contribution in [2.45, 2.75) is 18.9 Å². The first-order valence-corrected chi connectivity index (χ1v) is 3.73. The van der Waals surface area contributed by atoms with Crippen LogP contribution in [-0.2, 0) is 9.59 Å². The van der Waals surface area contributed by atoms with E-state index in [1.165, 1.54) is 11.8 Å². The Morgan fingerprint density at radius 2 is 2.42 bits per heavy atom. The van der Waals surface area contributed by atoms with Gasteiger partial charge in [0.2, 0.25) is 5.91 Å². The van der Waals surface area contributed by atoms with E-state index < -0.39 is 17.4 Å². The molecule has 1 saturated heterocycles. The van der Waals surface area contributed by atoms with Gasteiger partial charge >= 0.3 is 0 Å². The summed E-state index contributed by atoms with van der Waals surface area (Å²) in [7, 11) is 0. The highest BCUT2D eigenvalue weighted by Crippen LogP contribution is 2.21. The second kappa shape index (κ2) is 2.75. The van der Waals surface area contributed by atoms with E-state index >= 15 is 0 Å². The van der Waals surface area contributed by atoms with Crippen molar-refractivity contribution in [3.05, 3.63) is 0 Å². The minimum atomic E-state index is -1.31. The molecule has 1 fully saturated rings. The van der Waals surface area contributed by atoms with Gasteiger partial charge in [-0.15, -0.1) is 0 Å². The number of primary amides is 1. The fourth-order valence-electron chi connectivity index (χ4n) is 1.24. The molecule has 5 heteroatoms. The fourth-order valence-corrected chi connectivity index (χ4v) is 1.24. The summed E-state index contributed by atoms with van der Waals surface area (Å²) in [6.45, 7) is 1.74. The van der Waals surface area contributed by atoms with Crippen LogP contribution in [0.5, 0.6) is 0 Å².